The van der Waals surface area contributed by atoms with Gasteiger partial charge in [-0.25, -0.2) is 4.79 Å². The van der Waals surface area contributed by atoms with Gasteiger partial charge in [0.05, 0.1) is 18.6 Å². The number of ether oxygens (including phenoxy) is 3. The number of hydrogen-bond donors (Lipinski definition) is 0. The molecule has 0 spiro atoms. The summed E-state index contributed by atoms with van der Waals surface area (Å²) in [7, 11) is 1.21. The molecule has 2 aromatic carbocycles. The number of amides is 2. The number of nitrogens with zero attached hydrogens (tertiary/aromatic N) is 1. The number of imide groups is 1. The molecule has 10 heteroatoms. The second-order valence-corrected chi connectivity index (χ2v) is 9.20. The van der Waals surface area contributed by atoms with Gasteiger partial charge in [0.2, 0.25) is 0 Å². The summed E-state index contributed by atoms with van der Waals surface area (Å²) < 4.78 is 17.0. The van der Waals surface area contributed by atoms with E-state index in [1.54, 1.807) is 30.3 Å². The van der Waals surface area contributed by atoms with Crippen LogP contribution in [0.3, 0.4) is 0 Å². The topological polar surface area (TPSA) is 82.1 Å². The quantitative estimate of drug-likeness (QED) is 0.307. The van der Waals surface area contributed by atoms with Crippen molar-refractivity contribution in [3.63, 3.8) is 0 Å². The Morgan fingerprint density at radius 1 is 1.18 bits per heavy atom. The highest BCUT2D eigenvalue weighted by atomic mass is 79.9. The van der Waals surface area contributed by atoms with Gasteiger partial charge in [-0.05, 0) is 67.1 Å². The van der Waals surface area contributed by atoms with E-state index in [0.717, 1.165) is 22.2 Å². The highest BCUT2D eigenvalue weighted by molar-refractivity contribution is 9.10. The molecule has 33 heavy (non-hydrogen) atoms. The van der Waals surface area contributed by atoms with Gasteiger partial charge in [-0.2, -0.15) is 0 Å². The maximum absolute atomic E-state index is 12.8. The Morgan fingerprint density at radius 2 is 1.85 bits per heavy atom. The lowest BCUT2D eigenvalue weighted by Crippen LogP contribution is -2.42. The first-order chi connectivity index (χ1) is 15.7. The van der Waals surface area contributed by atoms with E-state index in [2.05, 4.69) is 20.7 Å². The minimum atomic E-state index is -1.01. The molecule has 7 nitrogen and oxygen atoms in total. The Hall–Kier alpha value is -2.49. The van der Waals surface area contributed by atoms with Crippen molar-refractivity contribution in [2.45, 2.75) is 26.5 Å². The zero-order valence-electron chi connectivity index (χ0n) is 18.1. The van der Waals surface area contributed by atoms with Crippen molar-refractivity contribution >= 4 is 62.5 Å². The number of rotatable bonds is 8. The summed E-state index contributed by atoms with van der Waals surface area (Å²) in [6.07, 6.45) is 1.57. The standard InChI is InChI=1S/C23H21BrClNO6S/c1-4-31-18-9-15(10-20-21(27)26(23(29)33-20)13(2)22(28)30-3)17(24)11-19(18)32-12-14-5-7-16(25)8-6-14/h5-11,13H,4,12H2,1-3H3/b20-10+/t13-/m0/s1. The summed E-state index contributed by atoms with van der Waals surface area (Å²) in [5.74, 6) is -0.220. The second kappa shape index (κ2) is 11.1. The maximum atomic E-state index is 12.8. The fourth-order valence-corrected chi connectivity index (χ4v) is 4.48. The molecule has 1 atom stereocenters. The van der Waals surface area contributed by atoms with Gasteiger partial charge in [0.25, 0.3) is 11.1 Å². The fraction of sp³-hybridized carbons (Fsp3) is 0.261. The van der Waals surface area contributed by atoms with Crippen molar-refractivity contribution in [1.29, 1.82) is 0 Å². The van der Waals surface area contributed by atoms with E-state index in [-0.39, 0.29) is 4.91 Å². The molecule has 1 aliphatic rings. The third-order valence-corrected chi connectivity index (χ3v) is 6.53. The van der Waals surface area contributed by atoms with Gasteiger partial charge < -0.3 is 14.2 Å². The van der Waals surface area contributed by atoms with Crippen LogP contribution in [0.4, 0.5) is 4.79 Å². The molecular weight excluding hydrogens is 534 g/mol. The first-order valence-electron chi connectivity index (χ1n) is 9.93. The average molecular weight is 555 g/mol. The smallest absolute Gasteiger partial charge is 0.328 e. The summed E-state index contributed by atoms with van der Waals surface area (Å²) in [4.78, 5) is 38.0. The lowest BCUT2D eigenvalue weighted by Gasteiger charge is -2.18. The maximum Gasteiger partial charge on any atom is 0.328 e. The Kier molecular flexibility index (Phi) is 8.45. The molecule has 3 rings (SSSR count). The predicted octanol–water partition coefficient (Wildman–Crippen LogP) is 5.68. The van der Waals surface area contributed by atoms with E-state index in [4.69, 9.17) is 21.1 Å². The molecule has 1 aliphatic heterocycles. The normalized spacial score (nSPS) is 15.7. The van der Waals surface area contributed by atoms with Crippen LogP contribution >= 0.6 is 39.3 Å². The molecule has 0 aromatic heterocycles. The highest BCUT2D eigenvalue weighted by Crippen LogP contribution is 2.39. The minimum Gasteiger partial charge on any atom is -0.490 e. The first kappa shape index (κ1) is 25.1. The van der Waals surface area contributed by atoms with Crippen LogP contribution < -0.4 is 9.47 Å². The molecule has 0 bridgehead atoms. The molecule has 0 unspecified atom stereocenters. The third-order valence-electron chi connectivity index (χ3n) is 4.71. The molecule has 0 aliphatic carbocycles. The monoisotopic (exact) mass is 553 g/mol. The SMILES string of the molecule is CCOc1cc(/C=C2/SC(=O)N([C@@H](C)C(=O)OC)C2=O)c(Br)cc1OCc1ccc(Cl)cc1. The summed E-state index contributed by atoms with van der Waals surface area (Å²) >= 11 is 10.2. The van der Waals surface area contributed by atoms with Crippen molar-refractivity contribution in [2.75, 3.05) is 13.7 Å². The van der Waals surface area contributed by atoms with Crippen LogP contribution in [-0.2, 0) is 20.9 Å². The molecule has 0 N–H and O–H groups in total. The molecule has 2 amide bonds. The van der Waals surface area contributed by atoms with Crippen LogP contribution in [-0.4, -0.2) is 41.8 Å². The molecule has 1 saturated heterocycles. The molecule has 0 saturated carbocycles. The first-order valence-corrected chi connectivity index (χ1v) is 11.9. The number of methoxy groups -OCH3 is 1. The number of carbonyl (C=O) groups excluding carboxylic acids is 3. The summed E-state index contributed by atoms with van der Waals surface area (Å²) in [5.41, 5.74) is 1.56. The van der Waals surface area contributed by atoms with Gasteiger partial charge in [-0.3, -0.25) is 14.5 Å². The van der Waals surface area contributed by atoms with E-state index < -0.39 is 23.2 Å². The molecule has 2 aromatic rings. The van der Waals surface area contributed by atoms with Crippen LogP contribution in [0.5, 0.6) is 11.5 Å². The molecule has 174 valence electrons. The Morgan fingerprint density at radius 3 is 2.48 bits per heavy atom. The Labute approximate surface area is 209 Å². The Balaban J connectivity index is 1.86. The summed E-state index contributed by atoms with van der Waals surface area (Å²) in [6, 6.07) is 9.78. The number of thioether (sulfide) groups is 1. The van der Waals surface area contributed by atoms with Crippen LogP contribution in [0.2, 0.25) is 5.02 Å². The van der Waals surface area contributed by atoms with E-state index in [9.17, 15) is 14.4 Å². The Bertz CT molecular complexity index is 1100. The second-order valence-electron chi connectivity index (χ2n) is 6.92. The number of esters is 1. The van der Waals surface area contributed by atoms with Crippen molar-refractivity contribution < 1.29 is 28.6 Å². The van der Waals surface area contributed by atoms with Crippen molar-refractivity contribution in [2.24, 2.45) is 0 Å². The lowest BCUT2D eigenvalue weighted by molar-refractivity contribution is -0.148. The average Bonchev–Trinajstić information content (AvgIpc) is 3.07. The van der Waals surface area contributed by atoms with Crippen LogP contribution in [0.15, 0.2) is 45.8 Å². The van der Waals surface area contributed by atoms with E-state index in [1.807, 2.05) is 19.1 Å². The number of benzene rings is 2. The summed E-state index contributed by atoms with van der Waals surface area (Å²) in [5, 5.41) is 0.111. The number of carbonyl (C=O) groups is 3. The fourth-order valence-electron chi connectivity index (χ4n) is 3.02. The predicted molar refractivity (Wildman–Crippen MR) is 130 cm³/mol. The van der Waals surface area contributed by atoms with E-state index in [1.165, 1.54) is 14.0 Å². The minimum absolute atomic E-state index is 0.189. The number of hydrogen-bond acceptors (Lipinski definition) is 7. The van der Waals surface area contributed by atoms with Crippen molar-refractivity contribution in [1.82, 2.24) is 4.90 Å². The molecular formula is C23H21BrClNO6S. The largest absolute Gasteiger partial charge is 0.490 e. The van der Waals surface area contributed by atoms with Gasteiger partial charge in [-0.15, -0.1) is 0 Å². The van der Waals surface area contributed by atoms with Crippen molar-refractivity contribution in [3.05, 3.63) is 61.9 Å². The lowest BCUT2D eigenvalue weighted by atomic mass is 10.1. The van der Waals surface area contributed by atoms with Crippen molar-refractivity contribution in [3.8, 4) is 11.5 Å². The van der Waals surface area contributed by atoms with E-state index >= 15 is 0 Å². The van der Waals surface area contributed by atoms with Gasteiger partial charge >= 0.3 is 5.97 Å². The molecule has 1 fully saturated rings. The van der Waals surface area contributed by atoms with Crippen LogP contribution in [0.25, 0.3) is 6.08 Å². The van der Waals surface area contributed by atoms with Gasteiger partial charge in [-0.1, -0.05) is 39.7 Å². The van der Waals surface area contributed by atoms with Gasteiger partial charge in [0, 0.05) is 9.50 Å². The third kappa shape index (κ3) is 5.90. The van der Waals surface area contributed by atoms with Crippen LogP contribution in [0.1, 0.15) is 25.0 Å². The van der Waals surface area contributed by atoms with Gasteiger partial charge in [0.1, 0.15) is 12.6 Å². The van der Waals surface area contributed by atoms with Gasteiger partial charge in [0.15, 0.2) is 11.5 Å². The number of halogens is 2. The highest BCUT2D eigenvalue weighted by Gasteiger charge is 2.41. The zero-order valence-corrected chi connectivity index (χ0v) is 21.3. The zero-order chi connectivity index (χ0) is 24.1. The van der Waals surface area contributed by atoms with E-state index in [0.29, 0.717) is 39.8 Å². The summed E-state index contributed by atoms with van der Waals surface area (Å²) in [6.45, 7) is 4.02. The molecule has 1 heterocycles. The van der Waals surface area contributed by atoms with Crippen LogP contribution in [0, 0.1) is 0 Å². The molecule has 0 radical (unpaired) electrons.